The number of carbonyl (C=O) groups is 6. The fourth-order valence-electron chi connectivity index (χ4n) is 7.12. The number of carbonyl (C=O) groups excluding carboxylic acids is 6. The number of nitrogens with zero attached hydrogens (tertiary/aromatic N) is 2. The van der Waals surface area contributed by atoms with Gasteiger partial charge >= 0.3 is 0 Å². The summed E-state index contributed by atoms with van der Waals surface area (Å²) in [5.41, 5.74) is 1.39. The number of amides is 6. The third-order valence-electron chi connectivity index (χ3n) is 10.1. The van der Waals surface area contributed by atoms with Gasteiger partial charge in [-0.05, 0) is 49.5 Å². The summed E-state index contributed by atoms with van der Waals surface area (Å²) in [6.45, 7) is 11.7. The van der Waals surface area contributed by atoms with Gasteiger partial charge in [0.15, 0.2) is 0 Å². The number of fused-ring (bicyclic) bond motifs is 2. The van der Waals surface area contributed by atoms with E-state index in [4.69, 9.17) is 0 Å². The molecule has 3 fully saturated rings. The van der Waals surface area contributed by atoms with E-state index in [0.29, 0.717) is 50.9 Å². The van der Waals surface area contributed by atoms with Crippen LogP contribution in [-0.2, 0) is 35.2 Å². The van der Waals surface area contributed by atoms with Crippen molar-refractivity contribution in [3.05, 3.63) is 48.2 Å². The Morgan fingerprint density at radius 1 is 0.784 bits per heavy atom. The number of benzene rings is 1. The Bertz CT molecular complexity index is 1440. The van der Waals surface area contributed by atoms with Crippen molar-refractivity contribution in [3.63, 3.8) is 0 Å². The van der Waals surface area contributed by atoms with Gasteiger partial charge in [0.05, 0.1) is 19.2 Å². The predicted octanol–water partition coefficient (Wildman–Crippen LogP) is 0.352. The van der Waals surface area contributed by atoms with E-state index in [0.717, 1.165) is 12.0 Å². The lowest BCUT2D eigenvalue weighted by Crippen LogP contribution is -2.59. The van der Waals surface area contributed by atoms with Crippen LogP contribution in [0.3, 0.4) is 0 Å². The first-order chi connectivity index (χ1) is 24.3. The topological polar surface area (TPSA) is 189 Å². The second kappa shape index (κ2) is 18.2. The number of aliphatic hydroxyl groups is 1. The Kier molecular flexibility index (Phi) is 14.0. The van der Waals surface area contributed by atoms with Gasteiger partial charge in [0.2, 0.25) is 35.4 Å². The second-order valence-electron chi connectivity index (χ2n) is 14.4. The molecule has 6 amide bonds. The molecular weight excluding hydrogens is 654 g/mol. The van der Waals surface area contributed by atoms with Crippen LogP contribution in [-0.4, -0.2) is 113 Å². The molecular formula is C37H55N7O7. The number of rotatable bonds is 7. The van der Waals surface area contributed by atoms with Crippen LogP contribution < -0.4 is 26.6 Å². The molecule has 7 atom stereocenters. The van der Waals surface area contributed by atoms with E-state index in [1.165, 1.54) is 0 Å². The SMILES string of the molecule is C=C1C2CCCN2C(=O)C(CC(C)C)NC(=O)C(CO)NC(=O)CNC(=O)C(Cc2ccccc2)NC(=O)C(C(C)CC)NC(=O)C2CCCN12. The van der Waals surface area contributed by atoms with Crippen molar-refractivity contribution in [1.82, 2.24) is 36.4 Å². The third kappa shape index (κ3) is 10.1. The first-order valence-corrected chi connectivity index (χ1v) is 18.2. The van der Waals surface area contributed by atoms with E-state index in [9.17, 15) is 33.9 Å². The predicted molar refractivity (Wildman–Crippen MR) is 190 cm³/mol. The van der Waals surface area contributed by atoms with Crippen molar-refractivity contribution in [2.24, 2.45) is 11.8 Å². The summed E-state index contributed by atoms with van der Waals surface area (Å²) in [6, 6.07) is 3.70. The van der Waals surface area contributed by atoms with Gasteiger partial charge < -0.3 is 41.5 Å². The summed E-state index contributed by atoms with van der Waals surface area (Å²) in [4.78, 5) is 85.5. The lowest BCUT2D eigenvalue weighted by molar-refractivity contribution is -0.138. The summed E-state index contributed by atoms with van der Waals surface area (Å²) >= 11 is 0. The minimum absolute atomic E-state index is 0.0284. The van der Waals surface area contributed by atoms with Gasteiger partial charge in [-0.1, -0.05) is 71.0 Å². The average Bonchev–Trinajstić information content (AvgIpc) is 3.81. The molecule has 3 heterocycles. The van der Waals surface area contributed by atoms with E-state index in [2.05, 4.69) is 33.2 Å². The zero-order valence-electron chi connectivity index (χ0n) is 30.3. The molecule has 0 bridgehead atoms. The van der Waals surface area contributed by atoms with E-state index in [-0.39, 0.29) is 30.1 Å². The monoisotopic (exact) mass is 709 g/mol. The van der Waals surface area contributed by atoms with Gasteiger partial charge in [-0.2, -0.15) is 0 Å². The molecule has 3 aliphatic heterocycles. The molecule has 1 aromatic carbocycles. The molecule has 0 saturated carbocycles. The maximum atomic E-state index is 14.1. The fourth-order valence-corrected chi connectivity index (χ4v) is 7.12. The van der Waals surface area contributed by atoms with Gasteiger partial charge in [0.25, 0.3) is 0 Å². The maximum Gasteiger partial charge on any atom is 0.245 e. The maximum absolute atomic E-state index is 14.1. The van der Waals surface area contributed by atoms with E-state index in [1.54, 1.807) is 4.90 Å². The van der Waals surface area contributed by atoms with Crippen LogP contribution in [0.25, 0.3) is 0 Å². The summed E-state index contributed by atoms with van der Waals surface area (Å²) in [5.74, 6) is -3.56. The average molecular weight is 710 g/mol. The van der Waals surface area contributed by atoms with E-state index >= 15 is 0 Å². The minimum atomic E-state index is -1.38. The molecule has 51 heavy (non-hydrogen) atoms. The molecule has 7 unspecified atom stereocenters. The van der Waals surface area contributed by atoms with Crippen molar-refractivity contribution in [2.45, 2.75) is 109 Å². The normalized spacial score (nSPS) is 28.2. The second-order valence-corrected chi connectivity index (χ2v) is 14.4. The molecule has 0 aliphatic carbocycles. The Hall–Kier alpha value is -4.46. The Morgan fingerprint density at radius 3 is 2.08 bits per heavy atom. The highest BCUT2D eigenvalue weighted by Crippen LogP contribution is 2.31. The number of hydrogen-bond acceptors (Lipinski definition) is 8. The Balaban J connectivity index is 1.69. The highest BCUT2D eigenvalue weighted by atomic mass is 16.3. The molecule has 3 saturated heterocycles. The molecule has 1 aromatic rings. The molecule has 14 heteroatoms. The zero-order chi connectivity index (χ0) is 37.2. The van der Waals surface area contributed by atoms with Crippen LogP contribution >= 0.6 is 0 Å². The van der Waals surface area contributed by atoms with Crippen molar-refractivity contribution >= 4 is 35.4 Å². The largest absolute Gasteiger partial charge is 0.394 e. The highest BCUT2D eigenvalue weighted by molar-refractivity contribution is 5.96. The van der Waals surface area contributed by atoms with Gasteiger partial charge in [-0.25, -0.2) is 0 Å². The molecule has 14 nitrogen and oxygen atoms in total. The number of hydrogen-bond donors (Lipinski definition) is 6. The standard InChI is InChI=1S/C37H55N7O7/c1-6-23(4)32-36(50)40-26(19-25-12-8-7-9-13-25)33(47)38-20-31(46)39-28(21-45)34(48)41-27(18-22(2)3)37(51)44-17-10-14-29(44)24(5)43-16-11-15-30(43)35(49)42-32/h7-9,12-13,22-23,26-30,32,45H,5-6,10-11,14-21H2,1-4H3,(H,38,47)(H,39,46)(H,40,50)(H,41,48)(H,42,49). The smallest absolute Gasteiger partial charge is 0.245 e. The van der Waals surface area contributed by atoms with Gasteiger partial charge in [0, 0.05) is 25.2 Å². The Morgan fingerprint density at radius 2 is 1.43 bits per heavy atom. The molecule has 4 rings (SSSR count). The van der Waals surface area contributed by atoms with E-state index < -0.39 is 73.0 Å². The quantitative estimate of drug-likeness (QED) is 0.234. The summed E-state index contributed by atoms with van der Waals surface area (Å²) in [6.07, 6.45) is 3.61. The number of aliphatic hydroxyl groups excluding tert-OH is 1. The first-order valence-electron chi connectivity index (χ1n) is 18.2. The van der Waals surface area contributed by atoms with Gasteiger partial charge in [0.1, 0.15) is 30.2 Å². The zero-order valence-corrected chi connectivity index (χ0v) is 30.3. The molecule has 3 aliphatic rings. The summed E-state index contributed by atoms with van der Waals surface area (Å²) in [7, 11) is 0. The molecule has 0 radical (unpaired) electrons. The molecule has 280 valence electrons. The van der Waals surface area contributed by atoms with Crippen LogP contribution in [0.2, 0.25) is 0 Å². The Labute approximate surface area is 300 Å². The van der Waals surface area contributed by atoms with Crippen LogP contribution in [0.4, 0.5) is 0 Å². The number of nitrogens with one attached hydrogen (secondary N) is 5. The highest BCUT2D eigenvalue weighted by Gasteiger charge is 2.42. The van der Waals surface area contributed by atoms with E-state index in [1.807, 2.05) is 62.9 Å². The lowest BCUT2D eigenvalue weighted by atomic mass is 9.96. The van der Waals surface area contributed by atoms with Crippen molar-refractivity contribution in [3.8, 4) is 0 Å². The summed E-state index contributed by atoms with van der Waals surface area (Å²) < 4.78 is 0. The van der Waals surface area contributed by atoms with Gasteiger partial charge in [-0.3, -0.25) is 28.8 Å². The van der Waals surface area contributed by atoms with Crippen LogP contribution in [0, 0.1) is 11.8 Å². The molecule has 0 aromatic heterocycles. The summed E-state index contributed by atoms with van der Waals surface area (Å²) in [5, 5.41) is 23.6. The first kappa shape index (κ1) is 39.3. The van der Waals surface area contributed by atoms with Crippen LogP contribution in [0.15, 0.2) is 42.6 Å². The molecule has 6 N–H and O–H groups in total. The lowest BCUT2D eigenvalue weighted by Gasteiger charge is -2.37. The minimum Gasteiger partial charge on any atom is -0.394 e. The third-order valence-corrected chi connectivity index (χ3v) is 10.1. The van der Waals surface area contributed by atoms with Crippen molar-refractivity contribution in [1.29, 1.82) is 0 Å². The fraction of sp³-hybridized carbons (Fsp3) is 0.622. The van der Waals surface area contributed by atoms with Crippen molar-refractivity contribution in [2.75, 3.05) is 26.2 Å². The van der Waals surface area contributed by atoms with Gasteiger partial charge in [-0.15, -0.1) is 0 Å². The van der Waals surface area contributed by atoms with Crippen LogP contribution in [0.1, 0.15) is 71.8 Å². The van der Waals surface area contributed by atoms with Crippen LogP contribution in [0.5, 0.6) is 0 Å². The van der Waals surface area contributed by atoms with Crippen molar-refractivity contribution < 1.29 is 33.9 Å². The molecule has 0 spiro atoms.